The smallest absolute Gasteiger partial charge is 0.231 e. The van der Waals surface area contributed by atoms with Crippen molar-refractivity contribution in [1.82, 2.24) is 10.3 Å². The number of fused-ring (bicyclic) bond motifs is 1. The van der Waals surface area contributed by atoms with E-state index < -0.39 is 0 Å². The van der Waals surface area contributed by atoms with E-state index >= 15 is 0 Å². The van der Waals surface area contributed by atoms with Gasteiger partial charge in [0.25, 0.3) is 0 Å². The lowest BCUT2D eigenvalue weighted by atomic mass is 9.99. The van der Waals surface area contributed by atoms with Gasteiger partial charge in [-0.1, -0.05) is 33.1 Å². The highest BCUT2D eigenvalue weighted by Gasteiger charge is 2.19. The summed E-state index contributed by atoms with van der Waals surface area (Å²) in [6.07, 6.45) is 8.49. The summed E-state index contributed by atoms with van der Waals surface area (Å²) in [6, 6.07) is 9.98. The molecule has 5 nitrogen and oxygen atoms in total. The Bertz CT molecular complexity index is 770. The first-order valence-corrected chi connectivity index (χ1v) is 10.5. The zero-order valence-corrected chi connectivity index (χ0v) is 17.5. The molecule has 0 amide bonds. The molecule has 2 heterocycles. The zero-order chi connectivity index (χ0) is 19.8. The molecule has 3 rings (SSSR count). The number of thiocarbonyl (C=S) groups is 1. The fraction of sp³-hybridized carbons (Fsp3) is 0.455. The zero-order valence-electron chi connectivity index (χ0n) is 16.7. The SMILES string of the molecule is CCCC[C@H](CC)CNC(=S)N(Cc1ccncc1)c1ccc2c(c1)OCO2. The van der Waals surface area contributed by atoms with E-state index in [4.69, 9.17) is 21.7 Å². The fourth-order valence-electron chi connectivity index (χ4n) is 3.27. The van der Waals surface area contributed by atoms with E-state index in [0.717, 1.165) is 40.8 Å². The van der Waals surface area contributed by atoms with Crippen molar-refractivity contribution in [3.8, 4) is 11.5 Å². The van der Waals surface area contributed by atoms with Gasteiger partial charge in [-0.05, 0) is 54.4 Å². The van der Waals surface area contributed by atoms with E-state index in [0.29, 0.717) is 12.5 Å². The Balaban J connectivity index is 1.74. The highest BCUT2D eigenvalue weighted by molar-refractivity contribution is 7.80. The summed E-state index contributed by atoms with van der Waals surface area (Å²) in [5.74, 6) is 2.17. The number of rotatable bonds is 9. The molecule has 2 aromatic rings. The molecule has 0 saturated heterocycles. The average Bonchev–Trinajstić information content (AvgIpc) is 3.20. The summed E-state index contributed by atoms with van der Waals surface area (Å²) in [4.78, 5) is 6.22. The normalized spacial score (nSPS) is 13.2. The number of unbranched alkanes of at least 4 members (excludes halogenated alkanes) is 1. The number of aromatic nitrogens is 1. The van der Waals surface area contributed by atoms with Gasteiger partial charge in [-0.2, -0.15) is 0 Å². The third kappa shape index (κ3) is 5.35. The molecule has 0 bridgehead atoms. The van der Waals surface area contributed by atoms with Crippen LogP contribution in [0.2, 0.25) is 0 Å². The maximum atomic E-state index is 5.79. The molecular formula is C22H29N3O2S. The molecule has 0 fully saturated rings. The van der Waals surface area contributed by atoms with Crippen LogP contribution >= 0.6 is 12.2 Å². The minimum Gasteiger partial charge on any atom is -0.454 e. The summed E-state index contributed by atoms with van der Waals surface area (Å²) in [5.41, 5.74) is 2.13. The van der Waals surface area contributed by atoms with Crippen molar-refractivity contribution in [2.45, 2.75) is 46.1 Å². The number of hydrogen-bond donors (Lipinski definition) is 1. The third-order valence-electron chi connectivity index (χ3n) is 5.09. The molecule has 1 atom stereocenters. The van der Waals surface area contributed by atoms with Gasteiger partial charge in [0.15, 0.2) is 16.6 Å². The van der Waals surface area contributed by atoms with Gasteiger partial charge in [-0.25, -0.2) is 0 Å². The molecule has 1 aliphatic heterocycles. The van der Waals surface area contributed by atoms with Gasteiger partial charge in [-0.3, -0.25) is 4.98 Å². The standard InChI is InChI=1S/C22H29N3O2S/c1-3-5-6-17(4-2)14-24-22(28)25(15-18-9-11-23-12-10-18)19-7-8-20-21(13-19)27-16-26-20/h7-13,17H,3-6,14-16H2,1-2H3,(H,24,28)/t17-/m0/s1. The molecule has 1 aromatic heterocycles. The number of pyridine rings is 1. The average molecular weight is 400 g/mol. The van der Waals surface area contributed by atoms with Gasteiger partial charge in [0, 0.05) is 30.7 Å². The molecular weight excluding hydrogens is 370 g/mol. The van der Waals surface area contributed by atoms with Gasteiger partial charge in [0.05, 0.1) is 6.54 Å². The van der Waals surface area contributed by atoms with E-state index in [-0.39, 0.29) is 6.79 Å². The van der Waals surface area contributed by atoms with Gasteiger partial charge >= 0.3 is 0 Å². The Labute approximate surface area is 173 Å². The van der Waals surface area contributed by atoms with Crippen molar-refractivity contribution in [3.05, 3.63) is 48.3 Å². The lowest BCUT2D eigenvalue weighted by molar-refractivity contribution is 0.174. The van der Waals surface area contributed by atoms with E-state index in [1.165, 1.54) is 19.3 Å². The molecule has 1 aliphatic rings. The second kappa shape index (κ2) is 10.3. The number of ether oxygens (including phenoxy) is 2. The number of anilines is 1. The number of hydrogen-bond acceptors (Lipinski definition) is 4. The lowest BCUT2D eigenvalue weighted by Crippen LogP contribution is -2.41. The molecule has 150 valence electrons. The van der Waals surface area contributed by atoms with Crippen LogP contribution in [0.15, 0.2) is 42.7 Å². The maximum absolute atomic E-state index is 5.79. The van der Waals surface area contributed by atoms with Crippen molar-refractivity contribution < 1.29 is 9.47 Å². The maximum Gasteiger partial charge on any atom is 0.231 e. The predicted octanol–water partition coefficient (Wildman–Crippen LogP) is 4.91. The summed E-state index contributed by atoms with van der Waals surface area (Å²) < 4.78 is 11.0. The minimum absolute atomic E-state index is 0.265. The molecule has 1 aromatic carbocycles. The Kier molecular flexibility index (Phi) is 7.48. The van der Waals surface area contributed by atoms with Gasteiger partial charge in [0.2, 0.25) is 6.79 Å². The molecule has 0 radical (unpaired) electrons. The fourth-order valence-corrected chi connectivity index (χ4v) is 3.53. The van der Waals surface area contributed by atoms with Crippen LogP contribution in [-0.4, -0.2) is 23.4 Å². The van der Waals surface area contributed by atoms with Crippen molar-refractivity contribution in [2.75, 3.05) is 18.2 Å². The van der Waals surface area contributed by atoms with Gasteiger partial charge < -0.3 is 19.7 Å². The summed E-state index contributed by atoms with van der Waals surface area (Å²) in [6.45, 7) is 6.31. The van der Waals surface area contributed by atoms with Crippen molar-refractivity contribution in [1.29, 1.82) is 0 Å². The lowest BCUT2D eigenvalue weighted by Gasteiger charge is -2.27. The Morgan fingerprint density at radius 1 is 1.18 bits per heavy atom. The number of nitrogens with one attached hydrogen (secondary N) is 1. The molecule has 0 unspecified atom stereocenters. The topological polar surface area (TPSA) is 46.6 Å². The van der Waals surface area contributed by atoms with Crippen molar-refractivity contribution >= 4 is 23.0 Å². The largest absolute Gasteiger partial charge is 0.454 e. The van der Waals surface area contributed by atoms with Crippen LogP contribution in [0.3, 0.4) is 0 Å². The van der Waals surface area contributed by atoms with Crippen LogP contribution in [0, 0.1) is 5.92 Å². The first kappa shape index (κ1) is 20.4. The van der Waals surface area contributed by atoms with Gasteiger partial charge in [-0.15, -0.1) is 0 Å². The molecule has 0 spiro atoms. The van der Waals surface area contributed by atoms with E-state index in [9.17, 15) is 0 Å². The predicted molar refractivity (Wildman–Crippen MR) is 117 cm³/mol. The Morgan fingerprint density at radius 3 is 2.71 bits per heavy atom. The van der Waals surface area contributed by atoms with E-state index in [1.807, 2.05) is 42.7 Å². The molecule has 6 heteroatoms. The second-order valence-electron chi connectivity index (χ2n) is 7.08. The Morgan fingerprint density at radius 2 is 1.96 bits per heavy atom. The summed E-state index contributed by atoms with van der Waals surface area (Å²) in [5, 5.41) is 4.23. The quantitative estimate of drug-likeness (QED) is 0.605. The van der Waals surface area contributed by atoms with Crippen LogP contribution in [0.5, 0.6) is 11.5 Å². The first-order valence-electron chi connectivity index (χ1n) is 10.0. The van der Waals surface area contributed by atoms with Crippen molar-refractivity contribution in [3.63, 3.8) is 0 Å². The molecule has 28 heavy (non-hydrogen) atoms. The number of benzene rings is 1. The minimum atomic E-state index is 0.265. The first-order chi connectivity index (χ1) is 13.7. The van der Waals surface area contributed by atoms with Crippen LogP contribution in [0.1, 0.15) is 45.1 Å². The van der Waals surface area contributed by atoms with Crippen LogP contribution < -0.4 is 19.7 Å². The van der Waals surface area contributed by atoms with Crippen LogP contribution in [0.4, 0.5) is 5.69 Å². The Hall–Kier alpha value is -2.34. The highest BCUT2D eigenvalue weighted by atomic mass is 32.1. The van der Waals surface area contributed by atoms with E-state index in [1.54, 1.807) is 0 Å². The summed E-state index contributed by atoms with van der Waals surface area (Å²) >= 11 is 5.79. The second-order valence-corrected chi connectivity index (χ2v) is 7.47. The monoisotopic (exact) mass is 399 g/mol. The third-order valence-corrected chi connectivity index (χ3v) is 5.45. The van der Waals surface area contributed by atoms with Gasteiger partial charge in [0.1, 0.15) is 0 Å². The molecule has 0 aliphatic carbocycles. The highest BCUT2D eigenvalue weighted by Crippen LogP contribution is 2.36. The van der Waals surface area contributed by atoms with Crippen LogP contribution in [-0.2, 0) is 6.54 Å². The molecule has 1 N–H and O–H groups in total. The summed E-state index contributed by atoms with van der Waals surface area (Å²) in [7, 11) is 0. The van der Waals surface area contributed by atoms with Crippen molar-refractivity contribution in [2.24, 2.45) is 5.92 Å². The molecule has 0 saturated carbocycles. The van der Waals surface area contributed by atoms with E-state index in [2.05, 4.69) is 29.0 Å². The van der Waals surface area contributed by atoms with Crippen LogP contribution in [0.25, 0.3) is 0 Å². The number of nitrogens with zero attached hydrogens (tertiary/aromatic N) is 2.